The van der Waals surface area contributed by atoms with E-state index in [0.717, 1.165) is 50.1 Å². The Labute approximate surface area is 205 Å². The summed E-state index contributed by atoms with van der Waals surface area (Å²) in [6.45, 7) is 8.92. The molecule has 34 heavy (non-hydrogen) atoms. The molecule has 1 atom stereocenters. The zero-order valence-corrected chi connectivity index (χ0v) is 20.6. The minimum atomic E-state index is -0.277. The van der Waals surface area contributed by atoms with Crippen LogP contribution in [0.2, 0.25) is 5.02 Å². The van der Waals surface area contributed by atoms with Crippen molar-refractivity contribution >= 4 is 40.4 Å². The van der Waals surface area contributed by atoms with E-state index < -0.39 is 0 Å². The summed E-state index contributed by atoms with van der Waals surface area (Å²) in [6, 6.07) is 14.8. The number of likely N-dealkylation sites (N-methyl/N-ethyl adjacent to an activating group) is 1. The van der Waals surface area contributed by atoms with Crippen molar-refractivity contribution in [1.29, 1.82) is 0 Å². The van der Waals surface area contributed by atoms with Gasteiger partial charge in [0.2, 0.25) is 11.9 Å². The Bertz CT molecular complexity index is 1140. The zero-order chi connectivity index (χ0) is 24.1. The van der Waals surface area contributed by atoms with Crippen molar-refractivity contribution in [2.24, 2.45) is 5.92 Å². The van der Waals surface area contributed by atoms with Gasteiger partial charge in [0.1, 0.15) is 0 Å². The van der Waals surface area contributed by atoms with Crippen LogP contribution in [0.4, 0.5) is 5.95 Å². The second-order valence-corrected chi connectivity index (χ2v) is 9.13. The largest absolute Gasteiger partial charge is 0.338 e. The second-order valence-electron chi connectivity index (χ2n) is 8.69. The predicted molar refractivity (Wildman–Crippen MR) is 136 cm³/mol. The summed E-state index contributed by atoms with van der Waals surface area (Å²) in [6.07, 6.45) is 1.53. The number of nitrogens with one attached hydrogen (secondary N) is 1. The fourth-order valence-electron chi connectivity index (χ4n) is 4.54. The number of imidazole rings is 1. The van der Waals surface area contributed by atoms with E-state index in [-0.39, 0.29) is 17.7 Å². The fraction of sp³-hybridized carbons (Fsp3) is 0.423. The van der Waals surface area contributed by atoms with Crippen molar-refractivity contribution in [2.45, 2.75) is 33.2 Å². The molecule has 1 aliphatic heterocycles. The SMILES string of the molecule is CCN(CC)CCn1c(NC(=O)[C@@H]2CCCN(C(=O)c3ccc(Cl)cc3)C2)nc2ccccc21. The van der Waals surface area contributed by atoms with Crippen molar-refractivity contribution in [1.82, 2.24) is 19.4 Å². The number of amides is 2. The number of fused-ring (bicyclic) bond motifs is 1. The number of carbonyl (C=O) groups is 2. The number of likely N-dealkylation sites (tertiary alicyclic amines) is 1. The average Bonchev–Trinajstić information content (AvgIpc) is 3.21. The number of halogens is 1. The number of carbonyl (C=O) groups excluding carboxylic acids is 2. The molecule has 2 amide bonds. The predicted octanol–water partition coefficient (Wildman–Crippen LogP) is 4.52. The average molecular weight is 482 g/mol. The number of rotatable bonds is 8. The topological polar surface area (TPSA) is 70.5 Å². The number of para-hydroxylation sites is 2. The maximum atomic E-state index is 13.3. The Morgan fingerprint density at radius 1 is 1.12 bits per heavy atom. The molecule has 1 N–H and O–H groups in total. The first-order chi connectivity index (χ1) is 16.5. The summed E-state index contributed by atoms with van der Waals surface area (Å²) >= 11 is 5.95. The van der Waals surface area contributed by atoms with Crippen molar-refractivity contribution in [3.63, 3.8) is 0 Å². The quantitative estimate of drug-likeness (QED) is 0.513. The van der Waals surface area contributed by atoms with Crippen LogP contribution in [0, 0.1) is 5.92 Å². The Hall–Kier alpha value is -2.90. The van der Waals surface area contributed by atoms with Crippen molar-refractivity contribution in [2.75, 3.05) is 38.0 Å². The molecule has 0 saturated carbocycles. The zero-order valence-electron chi connectivity index (χ0n) is 19.8. The van der Waals surface area contributed by atoms with Gasteiger partial charge in [-0.3, -0.25) is 14.9 Å². The van der Waals surface area contributed by atoms with Gasteiger partial charge < -0.3 is 14.4 Å². The van der Waals surface area contributed by atoms with Crippen LogP contribution in [0.25, 0.3) is 11.0 Å². The number of piperidine rings is 1. The maximum Gasteiger partial charge on any atom is 0.253 e. The number of aromatic nitrogens is 2. The molecule has 1 aliphatic rings. The number of nitrogens with zero attached hydrogens (tertiary/aromatic N) is 4. The van der Waals surface area contributed by atoms with E-state index in [1.54, 1.807) is 29.2 Å². The number of anilines is 1. The standard InChI is InChI=1S/C26H32ClN5O2/c1-3-30(4-2)16-17-32-23-10-6-5-9-22(23)28-26(32)29-24(33)20-8-7-15-31(18-20)25(34)19-11-13-21(27)14-12-19/h5-6,9-14,20H,3-4,7-8,15-18H2,1-2H3,(H,28,29,33)/t20-/m1/s1. The third-order valence-corrected chi connectivity index (χ3v) is 6.85. The first kappa shape index (κ1) is 24.2. The molecule has 0 aliphatic carbocycles. The Kier molecular flexibility index (Phi) is 7.85. The van der Waals surface area contributed by atoms with Crippen LogP contribution >= 0.6 is 11.6 Å². The maximum absolute atomic E-state index is 13.3. The van der Waals surface area contributed by atoms with Gasteiger partial charge in [-0.25, -0.2) is 4.98 Å². The second kappa shape index (κ2) is 11.0. The molecule has 0 spiro atoms. The van der Waals surface area contributed by atoms with Gasteiger partial charge in [0.05, 0.1) is 17.0 Å². The third kappa shape index (κ3) is 5.42. The summed E-state index contributed by atoms with van der Waals surface area (Å²) in [4.78, 5) is 35.0. The van der Waals surface area contributed by atoms with E-state index >= 15 is 0 Å². The van der Waals surface area contributed by atoms with Gasteiger partial charge in [0.25, 0.3) is 5.91 Å². The van der Waals surface area contributed by atoms with Crippen LogP contribution < -0.4 is 5.32 Å². The number of hydrogen-bond donors (Lipinski definition) is 1. The van der Waals surface area contributed by atoms with Gasteiger partial charge >= 0.3 is 0 Å². The summed E-state index contributed by atoms with van der Waals surface area (Å²) in [5, 5.41) is 3.67. The minimum Gasteiger partial charge on any atom is -0.338 e. The highest BCUT2D eigenvalue weighted by Gasteiger charge is 2.30. The van der Waals surface area contributed by atoms with Crippen LogP contribution in [0.1, 0.15) is 37.0 Å². The normalized spacial score (nSPS) is 16.2. The van der Waals surface area contributed by atoms with Gasteiger partial charge in [-0.05, 0) is 62.3 Å². The molecule has 180 valence electrons. The first-order valence-electron chi connectivity index (χ1n) is 12.0. The molecule has 2 heterocycles. The third-order valence-electron chi connectivity index (χ3n) is 6.59. The fourth-order valence-corrected chi connectivity index (χ4v) is 4.67. The summed E-state index contributed by atoms with van der Waals surface area (Å²) in [5.41, 5.74) is 2.46. The Morgan fingerprint density at radius 2 is 1.85 bits per heavy atom. The summed E-state index contributed by atoms with van der Waals surface area (Å²) in [7, 11) is 0. The molecule has 1 saturated heterocycles. The highest BCUT2D eigenvalue weighted by Crippen LogP contribution is 2.24. The van der Waals surface area contributed by atoms with Gasteiger partial charge in [0, 0.05) is 36.8 Å². The van der Waals surface area contributed by atoms with E-state index in [9.17, 15) is 9.59 Å². The number of benzene rings is 2. The van der Waals surface area contributed by atoms with Crippen molar-refractivity contribution < 1.29 is 9.59 Å². The molecule has 8 heteroatoms. The molecule has 1 fully saturated rings. The molecule has 7 nitrogen and oxygen atoms in total. The molecular weight excluding hydrogens is 450 g/mol. The smallest absolute Gasteiger partial charge is 0.253 e. The lowest BCUT2D eigenvalue weighted by Gasteiger charge is -2.32. The molecule has 3 aromatic rings. The Morgan fingerprint density at radius 3 is 2.59 bits per heavy atom. The summed E-state index contributed by atoms with van der Waals surface area (Å²) < 4.78 is 2.09. The summed E-state index contributed by atoms with van der Waals surface area (Å²) in [5.74, 6) is 0.134. The van der Waals surface area contributed by atoms with Crippen LogP contribution in [-0.4, -0.2) is 63.9 Å². The van der Waals surface area contributed by atoms with Crippen molar-refractivity contribution in [3.8, 4) is 0 Å². The van der Waals surface area contributed by atoms with Crippen LogP contribution in [0.5, 0.6) is 0 Å². The Balaban J connectivity index is 1.48. The lowest BCUT2D eigenvalue weighted by atomic mass is 9.96. The molecule has 0 unspecified atom stereocenters. The highest BCUT2D eigenvalue weighted by molar-refractivity contribution is 6.30. The monoisotopic (exact) mass is 481 g/mol. The van der Waals surface area contributed by atoms with Crippen LogP contribution in [-0.2, 0) is 11.3 Å². The van der Waals surface area contributed by atoms with E-state index in [1.807, 2.05) is 24.3 Å². The van der Waals surface area contributed by atoms with Gasteiger partial charge in [-0.1, -0.05) is 37.6 Å². The molecular formula is C26H32ClN5O2. The molecule has 0 bridgehead atoms. The molecule has 1 aromatic heterocycles. The van der Waals surface area contributed by atoms with Gasteiger partial charge in [-0.2, -0.15) is 0 Å². The van der Waals surface area contributed by atoms with Gasteiger partial charge in [0.15, 0.2) is 0 Å². The van der Waals surface area contributed by atoms with E-state index in [0.29, 0.717) is 29.6 Å². The van der Waals surface area contributed by atoms with Crippen LogP contribution in [0.3, 0.4) is 0 Å². The lowest BCUT2D eigenvalue weighted by Crippen LogP contribution is -2.44. The lowest BCUT2D eigenvalue weighted by molar-refractivity contribution is -0.121. The van der Waals surface area contributed by atoms with Gasteiger partial charge in [-0.15, -0.1) is 0 Å². The molecule has 4 rings (SSSR count). The minimum absolute atomic E-state index is 0.0689. The first-order valence-corrected chi connectivity index (χ1v) is 12.4. The highest BCUT2D eigenvalue weighted by atomic mass is 35.5. The van der Waals surface area contributed by atoms with Crippen molar-refractivity contribution in [3.05, 3.63) is 59.1 Å². The molecule has 2 aromatic carbocycles. The van der Waals surface area contributed by atoms with E-state index in [4.69, 9.17) is 16.6 Å². The van der Waals surface area contributed by atoms with Crippen LogP contribution in [0.15, 0.2) is 48.5 Å². The number of hydrogen-bond acceptors (Lipinski definition) is 4. The van der Waals surface area contributed by atoms with E-state index in [2.05, 4.69) is 28.6 Å². The van der Waals surface area contributed by atoms with E-state index in [1.165, 1.54) is 0 Å². The molecule has 0 radical (unpaired) electrons.